The van der Waals surface area contributed by atoms with Gasteiger partial charge >= 0.3 is 5.69 Å². The number of hydrogen-bond acceptors (Lipinski definition) is 5. The standard InChI is InChI=1S/C10H12N2O5/c1-2-3-4-7-5-10(13)9(12(16)17)6-8(7)11(14)15/h5-6,13H,2-4H2,1H3. The molecular weight excluding hydrogens is 228 g/mol. The third-order valence-corrected chi connectivity index (χ3v) is 2.37. The van der Waals surface area contributed by atoms with E-state index in [4.69, 9.17) is 0 Å². The van der Waals surface area contributed by atoms with Gasteiger partial charge in [0.15, 0.2) is 5.75 Å². The van der Waals surface area contributed by atoms with E-state index < -0.39 is 21.3 Å². The Bertz CT molecular complexity index is 458. The lowest BCUT2D eigenvalue weighted by molar-refractivity contribution is -0.395. The first kappa shape index (κ1) is 12.9. The highest BCUT2D eigenvalue weighted by Crippen LogP contribution is 2.34. The molecule has 0 aliphatic carbocycles. The Morgan fingerprint density at radius 3 is 2.24 bits per heavy atom. The number of nitrogens with zero attached hydrogens (tertiary/aromatic N) is 2. The molecular formula is C10H12N2O5. The van der Waals surface area contributed by atoms with Crippen molar-refractivity contribution in [2.24, 2.45) is 0 Å². The Balaban J connectivity index is 3.25. The second-order valence-electron chi connectivity index (χ2n) is 3.59. The van der Waals surface area contributed by atoms with E-state index in [-0.39, 0.29) is 5.69 Å². The number of benzene rings is 1. The number of unbranched alkanes of at least 4 members (excludes halogenated alkanes) is 1. The quantitative estimate of drug-likeness (QED) is 0.628. The van der Waals surface area contributed by atoms with Gasteiger partial charge in [0, 0.05) is 5.56 Å². The number of rotatable bonds is 5. The fourth-order valence-corrected chi connectivity index (χ4v) is 1.49. The Labute approximate surface area is 97.0 Å². The third kappa shape index (κ3) is 2.90. The lowest BCUT2D eigenvalue weighted by Crippen LogP contribution is -1.98. The average molecular weight is 240 g/mol. The summed E-state index contributed by atoms with van der Waals surface area (Å²) >= 11 is 0. The van der Waals surface area contributed by atoms with E-state index >= 15 is 0 Å². The van der Waals surface area contributed by atoms with Gasteiger partial charge in [-0.05, 0) is 18.9 Å². The maximum absolute atomic E-state index is 10.8. The molecule has 92 valence electrons. The van der Waals surface area contributed by atoms with E-state index in [1.54, 1.807) is 0 Å². The molecule has 0 aliphatic heterocycles. The van der Waals surface area contributed by atoms with Crippen LogP contribution in [0.4, 0.5) is 11.4 Å². The number of aryl methyl sites for hydroxylation is 1. The molecule has 0 unspecified atom stereocenters. The van der Waals surface area contributed by atoms with Crippen LogP contribution < -0.4 is 0 Å². The highest BCUT2D eigenvalue weighted by Gasteiger charge is 2.23. The molecule has 0 spiro atoms. The summed E-state index contributed by atoms with van der Waals surface area (Å²) in [7, 11) is 0. The number of aromatic hydroxyl groups is 1. The van der Waals surface area contributed by atoms with Gasteiger partial charge < -0.3 is 5.11 Å². The van der Waals surface area contributed by atoms with Gasteiger partial charge in [-0.3, -0.25) is 20.2 Å². The Kier molecular flexibility index (Phi) is 3.97. The van der Waals surface area contributed by atoms with Crippen LogP contribution in [0.25, 0.3) is 0 Å². The highest BCUT2D eigenvalue weighted by atomic mass is 16.6. The molecule has 7 nitrogen and oxygen atoms in total. The van der Waals surface area contributed by atoms with E-state index in [2.05, 4.69) is 0 Å². The van der Waals surface area contributed by atoms with Gasteiger partial charge in [0.1, 0.15) is 0 Å². The van der Waals surface area contributed by atoms with Crippen molar-refractivity contribution in [1.29, 1.82) is 0 Å². The number of nitro groups is 2. The third-order valence-electron chi connectivity index (χ3n) is 2.37. The summed E-state index contributed by atoms with van der Waals surface area (Å²) in [5.74, 6) is -0.535. The van der Waals surface area contributed by atoms with E-state index in [9.17, 15) is 25.3 Å². The van der Waals surface area contributed by atoms with Crippen molar-refractivity contribution in [1.82, 2.24) is 0 Å². The number of phenols is 1. The van der Waals surface area contributed by atoms with Crippen LogP contribution in [0, 0.1) is 20.2 Å². The van der Waals surface area contributed by atoms with E-state index in [1.165, 1.54) is 0 Å². The molecule has 0 radical (unpaired) electrons. The Hall–Kier alpha value is -2.18. The Morgan fingerprint density at radius 1 is 1.18 bits per heavy atom. The largest absolute Gasteiger partial charge is 0.502 e. The molecule has 0 saturated carbocycles. The van der Waals surface area contributed by atoms with E-state index in [1.807, 2.05) is 6.92 Å². The summed E-state index contributed by atoms with van der Waals surface area (Å²) in [6.45, 7) is 1.93. The normalized spacial score (nSPS) is 10.2. The van der Waals surface area contributed by atoms with Crippen molar-refractivity contribution >= 4 is 11.4 Å². The maximum Gasteiger partial charge on any atom is 0.317 e. The lowest BCUT2D eigenvalue weighted by atomic mass is 10.1. The predicted molar refractivity (Wildman–Crippen MR) is 60.0 cm³/mol. The maximum atomic E-state index is 10.8. The molecule has 0 saturated heterocycles. The molecule has 0 bridgehead atoms. The summed E-state index contributed by atoms with van der Waals surface area (Å²) in [6, 6.07) is 1.91. The van der Waals surface area contributed by atoms with Crippen molar-refractivity contribution in [3.8, 4) is 5.75 Å². The molecule has 17 heavy (non-hydrogen) atoms. The molecule has 1 N–H and O–H groups in total. The fraction of sp³-hybridized carbons (Fsp3) is 0.400. The van der Waals surface area contributed by atoms with Gasteiger partial charge in [0.25, 0.3) is 5.69 Å². The SMILES string of the molecule is CCCCc1cc(O)c([N+](=O)[O-])cc1[N+](=O)[O-]. The van der Waals surface area contributed by atoms with Crippen molar-refractivity contribution in [3.63, 3.8) is 0 Å². The summed E-state index contributed by atoms with van der Waals surface area (Å²) in [4.78, 5) is 19.8. The van der Waals surface area contributed by atoms with Gasteiger partial charge in [-0.25, -0.2) is 0 Å². The Morgan fingerprint density at radius 2 is 1.76 bits per heavy atom. The van der Waals surface area contributed by atoms with Gasteiger partial charge in [-0.1, -0.05) is 13.3 Å². The number of phenolic OH excluding ortho intramolecular Hbond substituents is 1. The zero-order valence-corrected chi connectivity index (χ0v) is 9.25. The first-order chi connectivity index (χ1) is 7.97. The van der Waals surface area contributed by atoms with Crippen LogP contribution in [-0.2, 0) is 6.42 Å². The minimum atomic E-state index is -0.841. The molecule has 0 aliphatic rings. The molecule has 0 heterocycles. The van der Waals surface area contributed by atoms with Crippen LogP contribution in [0.5, 0.6) is 5.75 Å². The minimum Gasteiger partial charge on any atom is -0.502 e. The molecule has 0 fully saturated rings. The smallest absolute Gasteiger partial charge is 0.317 e. The van der Waals surface area contributed by atoms with Crippen LogP contribution in [0.2, 0.25) is 0 Å². The molecule has 1 rings (SSSR count). The molecule has 1 aromatic carbocycles. The van der Waals surface area contributed by atoms with Crippen LogP contribution in [0.15, 0.2) is 12.1 Å². The van der Waals surface area contributed by atoms with Crippen molar-refractivity contribution in [2.45, 2.75) is 26.2 Å². The highest BCUT2D eigenvalue weighted by molar-refractivity contribution is 5.57. The first-order valence-corrected chi connectivity index (χ1v) is 5.12. The van der Waals surface area contributed by atoms with Gasteiger partial charge in [-0.15, -0.1) is 0 Å². The number of nitro benzene ring substituents is 2. The summed E-state index contributed by atoms with van der Waals surface area (Å²) in [5.41, 5.74) is -0.639. The van der Waals surface area contributed by atoms with Crippen LogP contribution in [-0.4, -0.2) is 15.0 Å². The van der Waals surface area contributed by atoms with E-state index in [0.717, 1.165) is 25.0 Å². The minimum absolute atomic E-state index is 0.317. The summed E-state index contributed by atoms with van der Waals surface area (Å²) < 4.78 is 0. The van der Waals surface area contributed by atoms with E-state index in [0.29, 0.717) is 12.0 Å². The molecule has 7 heteroatoms. The van der Waals surface area contributed by atoms with Crippen LogP contribution in [0.3, 0.4) is 0 Å². The topological polar surface area (TPSA) is 107 Å². The first-order valence-electron chi connectivity index (χ1n) is 5.12. The molecule has 0 aromatic heterocycles. The van der Waals surface area contributed by atoms with Gasteiger partial charge in [0.2, 0.25) is 0 Å². The number of hydrogen-bond donors (Lipinski definition) is 1. The zero-order chi connectivity index (χ0) is 13.0. The van der Waals surface area contributed by atoms with Crippen LogP contribution >= 0.6 is 0 Å². The second-order valence-corrected chi connectivity index (χ2v) is 3.59. The van der Waals surface area contributed by atoms with Crippen molar-refractivity contribution in [3.05, 3.63) is 37.9 Å². The summed E-state index contributed by atoms with van der Waals surface area (Å²) in [6.07, 6.45) is 1.98. The fourth-order valence-electron chi connectivity index (χ4n) is 1.49. The average Bonchev–Trinajstić information content (AvgIpc) is 2.25. The van der Waals surface area contributed by atoms with Gasteiger partial charge in [-0.2, -0.15) is 0 Å². The second kappa shape index (κ2) is 5.24. The van der Waals surface area contributed by atoms with Crippen molar-refractivity contribution < 1.29 is 15.0 Å². The van der Waals surface area contributed by atoms with Gasteiger partial charge in [0.05, 0.1) is 15.9 Å². The van der Waals surface area contributed by atoms with Crippen molar-refractivity contribution in [2.75, 3.05) is 0 Å². The molecule has 0 atom stereocenters. The predicted octanol–water partition coefficient (Wildman–Crippen LogP) is 2.55. The molecule has 0 amide bonds. The summed E-state index contributed by atoms with van der Waals surface area (Å²) in [5, 5.41) is 30.7. The monoisotopic (exact) mass is 240 g/mol. The lowest BCUT2D eigenvalue weighted by Gasteiger charge is -2.03. The molecule has 1 aromatic rings. The van der Waals surface area contributed by atoms with Crippen LogP contribution in [0.1, 0.15) is 25.3 Å². The zero-order valence-electron chi connectivity index (χ0n) is 9.25.